The van der Waals surface area contributed by atoms with Gasteiger partial charge in [-0.2, -0.15) is 0 Å². The number of aryl methyl sites for hydroxylation is 1. The molecule has 3 aromatic heterocycles. The van der Waals surface area contributed by atoms with Gasteiger partial charge in [0, 0.05) is 37.4 Å². The van der Waals surface area contributed by atoms with Gasteiger partial charge in [0.15, 0.2) is 0 Å². The third-order valence-corrected chi connectivity index (χ3v) is 5.91. The number of hydrogen-bond acceptors (Lipinski definition) is 6. The molecule has 3 fully saturated rings. The van der Waals surface area contributed by atoms with Crippen LogP contribution in [-0.2, 0) is 6.54 Å². The van der Waals surface area contributed by atoms with Gasteiger partial charge in [-0.1, -0.05) is 6.07 Å². The molecule has 3 aliphatic rings. The molecule has 3 aromatic rings. The van der Waals surface area contributed by atoms with Crippen LogP contribution in [0.15, 0.2) is 36.0 Å². The summed E-state index contributed by atoms with van der Waals surface area (Å²) in [4.78, 5) is 19.7. The van der Waals surface area contributed by atoms with Gasteiger partial charge in [-0.25, -0.2) is 9.97 Å². The van der Waals surface area contributed by atoms with Crippen LogP contribution in [0.2, 0.25) is 0 Å². The van der Waals surface area contributed by atoms with Crippen LogP contribution >= 0.6 is 11.3 Å². The molecule has 0 aromatic carbocycles. The van der Waals surface area contributed by atoms with E-state index in [-0.39, 0.29) is 0 Å². The van der Waals surface area contributed by atoms with Crippen molar-refractivity contribution < 1.29 is 0 Å². The second-order valence-electron chi connectivity index (χ2n) is 6.75. The summed E-state index contributed by atoms with van der Waals surface area (Å²) >= 11 is 1.69. The molecule has 6 rings (SSSR count). The molecular formula is C18H19N5S. The molecule has 2 unspecified atom stereocenters. The predicted octanol–water partition coefficient (Wildman–Crippen LogP) is 2.86. The molecule has 6 heteroatoms. The van der Waals surface area contributed by atoms with E-state index in [1.54, 1.807) is 17.7 Å². The minimum absolute atomic E-state index is 0.562. The Hall–Kier alpha value is -2.05. The molecule has 0 aliphatic carbocycles. The fraction of sp³-hybridized carbons (Fsp3) is 0.389. The Morgan fingerprint density at radius 3 is 2.88 bits per heavy atom. The van der Waals surface area contributed by atoms with E-state index in [2.05, 4.69) is 61.3 Å². The minimum atomic E-state index is 0.562. The Balaban J connectivity index is 1.35. The molecule has 0 radical (unpaired) electrons. The Kier molecular flexibility index (Phi) is 3.28. The van der Waals surface area contributed by atoms with Crippen LogP contribution in [-0.4, -0.2) is 45.0 Å². The SMILES string of the molecule is Cc1cccc(CN2CC3CC(C2)N3c2ncnc3sccc23)n1. The van der Waals surface area contributed by atoms with E-state index in [0.29, 0.717) is 12.1 Å². The maximum absolute atomic E-state index is 4.64. The third-order valence-electron chi connectivity index (χ3n) is 5.09. The van der Waals surface area contributed by atoms with E-state index < -0.39 is 0 Å². The summed E-state index contributed by atoms with van der Waals surface area (Å²) in [5.41, 5.74) is 2.27. The van der Waals surface area contributed by atoms with Gasteiger partial charge in [-0.05, 0) is 36.9 Å². The molecule has 2 bridgehead atoms. The van der Waals surface area contributed by atoms with E-state index in [4.69, 9.17) is 0 Å². The molecule has 0 spiro atoms. The number of nitrogens with zero attached hydrogens (tertiary/aromatic N) is 5. The number of piperazine rings is 1. The van der Waals surface area contributed by atoms with Gasteiger partial charge in [0.25, 0.3) is 0 Å². The summed E-state index contributed by atoms with van der Waals surface area (Å²) in [6.45, 7) is 5.17. The van der Waals surface area contributed by atoms with Crippen molar-refractivity contribution in [2.45, 2.75) is 32.0 Å². The van der Waals surface area contributed by atoms with Gasteiger partial charge in [-0.15, -0.1) is 11.3 Å². The van der Waals surface area contributed by atoms with E-state index in [1.807, 2.05) is 0 Å². The summed E-state index contributed by atoms with van der Waals surface area (Å²) in [5, 5.41) is 3.31. The normalized spacial score (nSPS) is 23.5. The fourth-order valence-electron chi connectivity index (χ4n) is 4.07. The summed E-state index contributed by atoms with van der Waals surface area (Å²) < 4.78 is 0. The molecule has 3 aliphatic heterocycles. The van der Waals surface area contributed by atoms with Gasteiger partial charge >= 0.3 is 0 Å². The average Bonchev–Trinajstić information content (AvgIpc) is 3.04. The van der Waals surface area contributed by atoms with Crippen molar-refractivity contribution in [3.05, 3.63) is 47.4 Å². The summed E-state index contributed by atoms with van der Waals surface area (Å²) in [6, 6.07) is 9.56. The Labute approximate surface area is 145 Å². The Bertz CT molecular complexity index is 880. The van der Waals surface area contributed by atoms with Crippen molar-refractivity contribution in [2.24, 2.45) is 0 Å². The van der Waals surface area contributed by atoms with Crippen LogP contribution in [0.4, 0.5) is 5.82 Å². The number of rotatable bonds is 3. The first-order valence-corrected chi connectivity index (χ1v) is 9.27. The first-order valence-electron chi connectivity index (χ1n) is 8.39. The van der Waals surface area contributed by atoms with Crippen LogP contribution in [0.3, 0.4) is 0 Å². The molecule has 6 heterocycles. The number of hydrogen-bond donors (Lipinski definition) is 0. The van der Waals surface area contributed by atoms with Crippen molar-refractivity contribution in [1.29, 1.82) is 0 Å². The third kappa shape index (κ3) is 2.29. The number of anilines is 1. The first-order chi connectivity index (χ1) is 11.8. The lowest BCUT2D eigenvalue weighted by atomic mass is 9.87. The van der Waals surface area contributed by atoms with E-state index in [9.17, 15) is 0 Å². The van der Waals surface area contributed by atoms with Crippen molar-refractivity contribution >= 4 is 27.4 Å². The topological polar surface area (TPSA) is 45.2 Å². The standard InChI is InChI=1S/C18H19N5S/c1-12-3-2-4-13(21-12)8-22-9-14-7-15(10-22)23(14)17-16-5-6-24-18(16)20-11-19-17/h2-6,11,14-15H,7-10H2,1H3. The van der Waals surface area contributed by atoms with Crippen LogP contribution < -0.4 is 4.90 Å². The second kappa shape index (κ2) is 5.50. The molecule has 3 saturated heterocycles. The van der Waals surface area contributed by atoms with Gasteiger partial charge in [0.2, 0.25) is 0 Å². The highest BCUT2D eigenvalue weighted by molar-refractivity contribution is 7.16. The average molecular weight is 337 g/mol. The number of fused-ring (bicyclic) bond motifs is 3. The monoisotopic (exact) mass is 337 g/mol. The quantitative estimate of drug-likeness (QED) is 0.735. The van der Waals surface area contributed by atoms with E-state index in [0.717, 1.165) is 36.0 Å². The van der Waals surface area contributed by atoms with Crippen molar-refractivity contribution in [3.63, 3.8) is 0 Å². The molecule has 122 valence electrons. The zero-order valence-electron chi connectivity index (χ0n) is 13.6. The largest absolute Gasteiger partial charge is 0.347 e. The Morgan fingerprint density at radius 1 is 1.17 bits per heavy atom. The van der Waals surface area contributed by atoms with Crippen molar-refractivity contribution in [1.82, 2.24) is 19.9 Å². The smallest absolute Gasteiger partial charge is 0.141 e. The van der Waals surface area contributed by atoms with Crippen molar-refractivity contribution in [3.8, 4) is 0 Å². The lowest BCUT2D eigenvalue weighted by Gasteiger charge is -2.57. The highest BCUT2D eigenvalue weighted by Gasteiger charge is 2.45. The van der Waals surface area contributed by atoms with Crippen LogP contribution in [0, 0.1) is 6.92 Å². The first kappa shape index (κ1) is 14.3. The fourth-order valence-corrected chi connectivity index (χ4v) is 4.80. The molecule has 5 nitrogen and oxygen atoms in total. The molecule has 0 amide bonds. The van der Waals surface area contributed by atoms with Gasteiger partial charge < -0.3 is 4.90 Å². The summed E-state index contributed by atoms with van der Waals surface area (Å²) in [6.07, 6.45) is 2.98. The highest BCUT2D eigenvalue weighted by Crippen LogP contribution is 2.39. The number of piperidine rings is 1. The lowest BCUT2D eigenvalue weighted by molar-refractivity contribution is 0.107. The van der Waals surface area contributed by atoms with E-state index in [1.165, 1.54) is 17.5 Å². The van der Waals surface area contributed by atoms with Crippen molar-refractivity contribution in [2.75, 3.05) is 18.0 Å². The second-order valence-corrected chi connectivity index (χ2v) is 7.65. The zero-order valence-corrected chi connectivity index (χ0v) is 14.4. The lowest BCUT2D eigenvalue weighted by Crippen LogP contribution is -2.69. The molecular weight excluding hydrogens is 318 g/mol. The summed E-state index contributed by atoms with van der Waals surface area (Å²) in [7, 11) is 0. The van der Waals surface area contributed by atoms with Crippen LogP contribution in [0.25, 0.3) is 10.2 Å². The predicted molar refractivity (Wildman–Crippen MR) is 96.3 cm³/mol. The van der Waals surface area contributed by atoms with E-state index >= 15 is 0 Å². The van der Waals surface area contributed by atoms with Crippen LogP contribution in [0.1, 0.15) is 17.8 Å². The number of thiophene rings is 1. The van der Waals surface area contributed by atoms with Gasteiger partial charge in [-0.3, -0.25) is 9.88 Å². The zero-order chi connectivity index (χ0) is 16.1. The number of pyridine rings is 1. The Morgan fingerprint density at radius 2 is 2.04 bits per heavy atom. The molecule has 24 heavy (non-hydrogen) atoms. The maximum Gasteiger partial charge on any atom is 0.141 e. The maximum atomic E-state index is 4.64. The molecule has 2 atom stereocenters. The number of aromatic nitrogens is 3. The highest BCUT2D eigenvalue weighted by atomic mass is 32.1. The van der Waals surface area contributed by atoms with Crippen LogP contribution in [0.5, 0.6) is 0 Å². The molecule has 0 N–H and O–H groups in total. The minimum Gasteiger partial charge on any atom is -0.347 e. The van der Waals surface area contributed by atoms with Gasteiger partial charge in [0.05, 0.1) is 11.1 Å². The van der Waals surface area contributed by atoms with Gasteiger partial charge in [0.1, 0.15) is 17.0 Å². The summed E-state index contributed by atoms with van der Waals surface area (Å²) in [5.74, 6) is 1.12. The molecule has 0 saturated carbocycles.